The standard InChI is InChI=1S/C20H26N4O/c1-13-8-14(2)10-16(9-13)11-23-20(25)18-12-22-15(3)24-19(18)17-4-6-21-7-5-17/h8-10,12,17,21H,4-7,11H2,1-3H3,(H,23,25). The molecule has 0 unspecified atom stereocenters. The Balaban J connectivity index is 1.77. The number of carbonyl (C=O) groups is 1. The molecule has 1 aromatic heterocycles. The highest BCUT2D eigenvalue weighted by Crippen LogP contribution is 2.26. The third kappa shape index (κ3) is 4.42. The number of aryl methyl sites for hydroxylation is 3. The number of rotatable bonds is 4. The lowest BCUT2D eigenvalue weighted by Crippen LogP contribution is -2.30. The minimum Gasteiger partial charge on any atom is -0.348 e. The maximum Gasteiger partial charge on any atom is 0.254 e. The summed E-state index contributed by atoms with van der Waals surface area (Å²) in [6.45, 7) is 8.47. The van der Waals surface area contributed by atoms with Crippen LogP contribution < -0.4 is 10.6 Å². The van der Waals surface area contributed by atoms with Gasteiger partial charge in [0.1, 0.15) is 5.82 Å². The number of nitrogens with one attached hydrogen (secondary N) is 2. The SMILES string of the molecule is Cc1cc(C)cc(CNC(=O)c2cnc(C)nc2C2CCNCC2)c1. The third-order valence-corrected chi connectivity index (χ3v) is 4.64. The first-order valence-corrected chi connectivity index (χ1v) is 8.92. The second-order valence-electron chi connectivity index (χ2n) is 6.92. The fourth-order valence-electron chi connectivity index (χ4n) is 3.52. The lowest BCUT2D eigenvalue weighted by molar-refractivity contribution is 0.0948. The predicted octanol–water partition coefficient (Wildman–Crippen LogP) is 2.80. The minimum absolute atomic E-state index is 0.0901. The van der Waals surface area contributed by atoms with Crippen molar-refractivity contribution in [2.24, 2.45) is 0 Å². The van der Waals surface area contributed by atoms with E-state index in [0.29, 0.717) is 18.0 Å². The molecule has 0 bridgehead atoms. The topological polar surface area (TPSA) is 66.9 Å². The molecule has 0 aliphatic carbocycles. The Morgan fingerprint density at radius 3 is 2.52 bits per heavy atom. The molecule has 132 valence electrons. The molecule has 5 heteroatoms. The van der Waals surface area contributed by atoms with Gasteiger partial charge in [0.05, 0.1) is 11.3 Å². The summed E-state index contributed by atoms with van der Waals surface area (Å²) < 4.78 is 0. The highest BCUT2D eigenvalue weighted by molar-refractivity contribution is 5.95. The summed E-state index contributed by atoms with van der Waals surface area (Å²) in [4.78, 5) is 21.6. The summed E-state index contributed by atoms with van der Waals surface area (Å²) in [7, 11) is 0. The number of piperidine rings is 1. The van der Waals surface area contributed by atoms with Gasteiger partial charge in [-0.05, 0) is 52.3 Å². The van der Waals surface area contributed by atoms with Crippen LogP contribution in [0.5, 0.6) is 0 Å². The van der Waals surface area contributed by atoms with Crippen LogP contribution in [0, 0.1) is 20.8 Å². The van der Waals surface area contributed by atoms with Crippen LogP contribution in [0.25, 0.3) is 0 Å². The fourth-order valence-corrected chi connectivity index (χ4v) is 3.52. The third-order valence-electron chi connectivity index (χ3n) is 4.64. The number of carbonyl (C=O) groups excluding carboxylic acids is 1. The van der Waals surface area contributed by atoms with Gasteiger partial charge in [0.15, 0.2) is 0 Å². The number of amides is 1. The first-order valence-electron chi connectivity index (χ1n) is 8.92. The van der Waals surface area contributed by atoms with Crippen molar-refractivity contribution < 1.29 is 4.79 Å². The summed E-state index contributed by atoms with van der Waals surface area (Å²) >= 11 is 0. The maximum atomic E-state index is 12.8. The monoisotopic (exact) mass is 338 g/mol. The number of hydrogen-bond acceptors (Lipinski definition) is 4. The molecule has 1 aliphatic heterocycles. The highest BCUT2D eigenvalue weighted by Gasteiger charge is 2.23. The molecule has 0 radical (unpaired) electrons. The van der Waals surface area contributed by atoms with E-state index in [1.165, 1.54) is 11.1 Å². The van der Waals surface area contributed by atoms with Gasteiger partial charge in [-0.15, -0.1) is 0 Å². The lowest BCUT2D eigenvalue weighted by Gasteiger charge is -2.24. The van der Waals surface area contributed by atoms with E-state index in [4.69, 9.17) is 0 Å². The van der Waals surface area contributed by atoms with E-state index >= 15 is 0 Å². The Kier molecular flexibility index (Phi) is 5.43. The van der Waals surface area contributed by atoms with Crippen LogP contribution >= 0.6 is 0 Å². The highest BCUT2D eigenvalue weighted by atomic mass is 16.1. The molecule has 2 N–H and O–H groups in total. The summed E-state index contributed by atoms with van der Waals surface area (Å²) in [5.74, 6) is 0.956. The van der Waals surface area contributed by atoms with Crippen molar-refractivity contribution in [3.8, 4) is 0 Å². The second kappa shape index (κ2) is 7.74. The van der Waals surface area contributed by atoms with Crippen molar-refractivity contribution in [1.29, 1.82) is 0 Å². The van der Waals surface area contributed by atoms with Crippen LogP contribution in [0.15, 0.2) is 24.4 Å². The van der Waals surface area contributed by atoms with Crippen LogP contribution in [0.3, 0.4) is 0 Å². The summed E-state index contributed by atoms with van der Waals surface area (Å²) in [6, 6.07) is 6.34. The molecule has 2 aromatic rings. The Labute approximate surface area is 149 Å². The molecule has 5 nitrogen and oxygen atoms in total. The summed E-state index contributed by atoms with van der Waals surface area (Å²) in [6.07, 6.45) is 3.69. The van der Waals surface area contributed by atoms with E-state index in [2.05, 4.69) is 52.6 Å². The van der Waals surface area contributed by atoms with Crippen molar-refractivity contribution in [2.45, 2.75) is 46.1 Å². The molecule has 1 aromatic carbocycles. The average Bonchev–Trinajstić information content (AvgIpc) is 2.59. The second-order valence-corrected chi connectivity index (χ2v) is 6.92. The number of benzene rings is 1. The number of aromatic nitrogens is 2. The molecule has 3 rings (SSSR count). The van der Waals surface area contributed by atoms with Crippen LogP contribution in [0.4, 0.5) is 0 Å². The van der Waals surface area contributed by atoms with Crippen LogP contribution in [0.2, 0.25) is 0 Å². The number of nitrogens with zero attached hydrogens (tertiary/aromatic N) is 2. The molecule has 2 heterocycles. The molecule has 0 saturated carbocycles. The van der Waals surface area contributed by atoms with E-state index in [1.807, 2.05) is 6.92 Å². The van der Waals surface area contributed by atoms with E-state index in [0.717, 1.165) is 43.0 Å². The predicted molar refractivity (Wildman–Crippen MR) is 98.7 cm³/mol. The van der Waals surface area contributed by atoms with E-state index in [-0.39, 0.29) is 5.91 Å². The van der Waals surface area contributed by atoms with E-state index in [9.17, 15) is 4.79 Å². The zero-order valence-corrected chi connectivity index (χ0v) is 15.2. The van der Waals surface area contributed by atoms with Gasteiger partial charge in [0.25, 0.3) is 5.91 Å². The first kappa shape index (κ1) is 17.5. The molecule has 0 atom stereocenters. The quantitative estimate of drug-likeness (QED) is 0.899. The van der Waals surface area contributed by atoms with Gasteiger partial charge in [0.2, 0.25) is 0 Å². The smallest absolute Gasteiger partial charge is 0.254 e. The van der Waals surface area contributed by atoms with Gasteiger partial charge in [-0.1, -0.05) is 29.3 Å². The molecule has 0 spiro atoms. The van der Waals surface area contributed by atoms with E-state index < -0.39 is 0 Å². The molecular weight excluding hydrogens is 312 g/mol. The summed E-state index contributed by atoms with van der Waals surface area (Å²) in [5.41, 5.74) is 5.03. The fraction of sp³-hybridized carbons (Fsp3) is 0.450. The van der Waals surface area contributed by atoms with E-state index in [1.54, 1.807) is 6.20 Å². The van der Waals surface area contributed by atoms with Crippen molar-refractivity contribution in [1.82, 2.24) is 20.6 Å². The zero-order valence-electron chi connectivity index (χ0n) is 15.2. The van der Waals surface area contributed by atoms with Gasteiger partial charge in [-0.2, -0.15) is 0 Å². The normalized spacial score (nSPS) is 15.2. The van der Waals surface area contributed by atoms with Gasteiger partial charge < -0.3 is 10.6 Å². The van der Waals surface area contributed by atoms with Crippen LogP contribution in [-0.4, -0.2) is 29.0 Å². The molecule has 1 aliphatic rings. The molecule has 25 heavy (non-hydrogen) atoms. The van der Waals surface area contributed by atoms with Crippen molar-refractivity contribution in [2.75, 3.05) is 13.1 Å². The van der Waals surface area contributed by atoms with Gasteiger partial charge in [-0.3, -0.25) is 4.79 Å². The zero-order chi connectivity index (χ0) is 17.8. The van der Waals surface area contributed by atoms with Crippen LogP contribution in [-0.2, 0) is 6.54 Å². The van der Waals surface area contributed by atoms with Crippen molar-refractivity contribution >= 4 is 5.91 Å². The van der Waals surface area contributed by atoms with Gasteiger partial charge in [0, 0.05) is 18.7 Å². The maximum absolute atomic E-state index is 12.8. The lowest BCUT2D eigenvalue weighted by atomic mass is 9.91. The van der Waals surface area contributed by atoms with Gasteiger partial charge >= 0.3 is 0 Å². The molecule has 1 saturated heterocycles. The minimum atomic E-state index is -0.0901. The molecule has 1 amide bonds. The van der Waals surface area contributed by atoms with Crippen molar-refractivity contribution in [3.05, 3.63) is 58.2 Å². The average molecular weight is 338 g/mol. The number of hydrogen-bond donors (Lipinski definition) is 2. The Morgan fingerprint density at radius 1 is 1.16 bits per heavy atom. The molecular formula is C20H26N4O. The van der Waals surface area contributed by atoms with Gasteiger partial charge in [-0.25, -0.2) is 9.97 Å². The molecule has 1 fully saturated rings. The first-order chi connectivity index (χ1) is 12.0. The van der Waals surface area contributed by atoms with Crippen molar-refractivity contribution in [3.63, 3.8) is 0 Å². The Bertz CT molecular complexity index is 746. The Hall–Kier alpha value is -2.27. The van der Waals surface area contributed by atoms with Crippen LogP contribution in [0.1, 0.15) is 57.3 Å². The largest absolute Gasteiger partial charge is 0.348 e. The Morgan fingerprint density at radius 2 is 1.84 bits per heavy atom. The summed E-state index contributed by atoms with van der Waals surface area (Å²) in [5, 5.41) is 6.40.